The first-order chi connectivity index (χ1) is 8.40. The number of amides is 1. The second kappa shape index (κ2) is 4.34. The third-order valence-corrected chi connectivity index (χ3v) is 3.47. The van der Waals surface area contributed by atoms with Crippen LogP contribution in [0.2, 0.25) is 0 Å². The molecule has 0 aromatic carbocycles. The molecule has 2 aromatic heterocycles. The number of primary amides is 1. The van der Waals surface area contributed by atoms with Gasteiger partial charge in [0, 0.05) is 12.1 Å². The van der Waals surface area contributed by atoms with Gasteiger partial charge in [-0.1, -0.05) is 0 Å². The SMILES string of the molecule is CC(C)Nc1sc2c(O)cc(=O)[nH]c2c1C(N)=O. The van der Waals surface area contributed by atoms with Crippen molar-refractivity contribution < 1.29 is 9.90 Å². The second-order valence-corrected chi connectivity index (χ2v) is 5.21. The van der Waals surface area contributed by atoms with Crippen molar-refractivity contribution >= 4 is 32.5 Å². The molecule has 6 nitrogen and oxygen atoms in total. The van der Waals surface area contributed by atoms with Gasteiger partial charge in [-0.3, -0.25) is 9.59 Å². The second-order valence-electron chi connectivity index (χ2n) is 4.19. The van der Waals surface area contributed by atoms with Crippen LogP contribution in [0.1, 0.15) is 24.2 Å². The van der Waals surface area contributed by atoms with Gasteiger partial charge in [0.15, 0.2) is 0 Å². The van der Waals surface area contributed by atoms with Crippen LogP contribution in [0, 0.1) is 0 Å². The number of rotatable bonds is 3. The minimum Gasteiger partial charge on any atom is -0.506 e. The summed E-state index contributed by atoms with van der Waals surface area (Å²) in [7, 11) is 0. The highest BCUT2D eigenvalue weighted by atomic mass is 32.1. The third-order valence-electron chi connectivity index (χ3n) is 2.32. The molecule has 0 fully saturated rings. The van der Waals surface area contributed by atoms with E-state index in [0.717, 1.165) is 6.07 Å². The van der Waals surface area contributed by atoms with Gasteiger partial charge in [0.2, 0.25) is 0 Å². The maximum atomic E-state index is 11.5. The number of carbonyl (C=O) groups excluding carboxylic acids is 1. The molecule has 0 saturated carbocycles. The predicted octanol–water partition coefficient (Wildman–Crippen LogP) is 1.21. The average molecular weight is 267 g/mol. The molecule has 0 radical (unpaired) electrons. The van der Waals surface area contributed by atoms with Gasteiger partial charge in [0.05, 0.1) is 15.8 Å². The Labute approximate surface area is 106 Å². The van der Waals surface area contributed by atoms with Crippen LogP contribution in [0.5, 0.6) is 5.75 Å². The summed E-state index contributed by atoms with van der Waals surface area (Å²) >= 11 is 1.18. The summed E-state index contributed by atoms with van der Waals surface area (Å²) in [6.07, 6.45) is 0. The molecule has 5 N–H and O–H groups in total. The minimum absolute atomic E-state index is 0.102. The van der Waals surface area contributed by atoms with E-state index in [2.05, 4.69) is 10.3 Å². The number of carbonyl (C=O) groups is 1. The summed E-state index contributed by atoms with van der Waals surface area (Å²) < 4.78 is 0.437. The molecule has 2 aromatic rings. The number of hydrogen-bond donors (Lipinski definition) is 4. The molecule has 0 atom stereocenters. The smallest absolute Gasteiger partial charge is 0.253 e. The Morgan fingerprint density at radius 3 is 2.78 bits per heavy atom. The Morgan fingerprint density at radius 1 is 1.56 bits per heavy atom. The fraction of sp³-hybridized carbons (Fsp3) is 0.273. The highest BCUT2D eigenvalue weighted by Crippen LogP contribution is 2.38. The van der Waals surface area contributed by atoms with E-state index in [4.69, 9.17) is 5.73 Å². The van der Waals surface area contributed by atoms with E-state index in [9.17, 15) is 14.7 Å². The molecule has 0 spiro atoms. The highest BCUT2D eigenvalue weighted by molar-refractivity contribution is 7.23. The fourth-order valence-electron chi connectivity index (χ4n) is 1.68. The number of fused-ring (bicyclic) bond motifs is 1. The van der Waals surface area contributed by atoms with Crippen LogP contribution in [-0.4, -0.2) is 22.0 Å². The number of aromatic hydroxyl groups is 1. The Balaban J connectivity index is 2.79. The molecule has 0 unspecified atom stereocenters. The summed E-state index contributed by atoms with van der Waals surface area (Å²) in [5.41, 5.74) is 5.33. The van der Waals surface area contributed by atoms with Crippen molar-refractivity contribution in [2.24, 2.45) is 5.73 Å². The van der Waals surface area contributed by atoms with Gasteiger partial charge in [0.25, 0.3) is 11.5 Å². The fourth-order valence-corrected chi connectivity index (χ4v) is 2.90. The summed E-state index contributed by atoms with van der Waals surface area (Å²) in [6, 6.07) is 1.17. The lowest BCUT2D eigenvalue weighted by molar-refractivity contribution is 0.100. The Hall–Kier alpha value is -2.02. The molecule has 18 heavy (non-hydrogen) atoms. The quantitative estimate of drug-likeness (QED) is 0.670. The zero-order valence-corrected chi connectivity index (χ0v) is 10.7. The molecule has 0 aliphatic heterocycles. The lowest BCUT2D eigenvalue weighted by atomic mass is 10.2. The number of anilines is 1. The molecule has 2 rings (SSSR count). The van der Waals surface area contributed by atoms with E-state index in [0.29, 0.717) is 9.70 Å². The number of aromatic amines is 1. The first kappa shape index (κ1) is 12.4. The van der Waals surface area contributed by atoms with Crippen LogP contribution in [0.15, 0.2) is 10.9 Å². The first-order valence-corrected chi connectivity index (χ1v) is 6.17. The zero-order valence-electron chi connectivity index (χ0n) is 9.90. The van der Waals surface area contributed by atoms with E-state index in [1.165, 1.54) is 11.3 Å². The lowest BCUT2D eigenvalue weighted by Gasteiger charge is -2.08. The maximum Gasteiger partial charge on any atom is 0.253 e. The van der Waals surface area contributed by atoms with Crippen LogP contribution in [-0.2, 0) is 0 Å². The number of pyridine rings is 1. The van der Waals surface area contributed by atoms with Gasteiger partial charge < -0.3 is 21.1 Å². The van der Waals surface area contributed by atoms with Crippen molar-refractivity contribution in [3.8, 4) is 5.75 Å². The monoisotopic (exact) mass is 267 g/mol. The van der Waals surface area contributed by atoms with Crippen LogP contribution < -0.4 is 16.6 Å². The van der Waals surface area contributed by atoms with E-state index < -0.39 is 11.5 Å². The van der Waals surface area contributed by atoms with Gasteiger partial charge in [-0.2, -0.15) is 0 Å². The average Bonchev–Trinajstić information content (AvgIpc) is 2.54. The van der Waals surface area contributed by atoms with Crippen LogP contribution in [0.4, 0.5) is 5.00 Å². The maximum absolute atomic E-state index is 11.5. The summed E-state index contributed by atoms with van der Waals surface area (Å²) in [5, 5.41) is 13.3. The lowest BCUT2D eigenvalue weighted by Crippen LogP contribution is -2.17. The largest absolute Gasteiger partial charge is 0.506 e. The van der Waals surface area contributed by atoms with Crippen LogP contribution in [0.3, 0.4) is 0 Å². The van der Waals surface area contributed by atoms with E-state index >= 15 is 0 Å². The Morgan fingerprint density at radius 2 is 2.22 bits per heavy atom. The molecule has 96 valence electrons. The number of H-pyrrole nitrogens is 1. The van der Waals surface area contributed by atoms with Gasteiger partial charge in [-0.05, 0) is 13.8 Å². The van der Waals surface area contributed by atoms with Crippen molar-refractivity contribution in [2.75, 3.05) is 5.32 Å². The molecule has 7 heteroatoms. The van der Waals surface area contributed by atoms with Crippen molar-refractivity contribution in [3.63, 3.8) is 0 Å². The normalized spacial score (nSPS) is 11.1. The topological polar surface area (TPSA) is 108 Å². The minimum atomic E-state index is -0.648. The molecule has 0 aliphatic rings. The number of hydrogen-bond acceptors (Lipinski definition) is 5. The van der Waals surface area contributed by atoms with Crippen molar-refractivity contribution in [1.82, 2.24) is 4.98 Å². The first-order valence-electron chi connectivity index (χ1n) is 5.35. The Bertz CT molecular complexity index is 672. The molecular weight excluding hydrogens is 254 g/mol. The molecule has 0 aliphatic carbocycles. The van der Waals surface area contributed by atoms with Crippen molar-refractivity contribution in [1.29, 1.82) is 0 Å². The molecule has 0 saturated heterocycles. The standard InChI is InChI=1S/C11H13N3O3S/c1-4(2)13-11-7(10(12)17)8-9(18-11)5(15)3-6(16)14-8/h3-4,13H,1-2H3,(H2,12,17)(H2,14,15,16). The van der Waals surface area contributed by atoms with Gasteiger partial charge in [-0.15, -0.1) is 11.3 Å². The number of thiophene rings is 1. The van der Waals surface area contributed by atoms with E-state index in [1.807, 2.05) is 13.8 Å². The Kier molecular flexibility index (Phi) is 3.00. The third kappa shape index (κ3) is 2.04. The summed E-state index contributed by atoms with van der Waals surface area (Å²) in [4.78, 5) is 25.3. The number of aromatic nitrogens is 1. The number of nitrogens with one attached hydrogen (secondary N) is 2. The molecular formula is C11H13N3O3S. The van der Waals surface area contributed by atoms with E-state index in [1.54, 1.807) is 0 Å². The highest BCUT2D eigenvalue weighted by Gasteiger charge is 2.20. The number of nitrogens with two attached hydrogens (primary N) is 1. The van der Waals surface area contributed by atoms with Crippen LogP contribution >= 0.6 is 11.3 Å². The van der Waals surface area contributed by atoms with Crippen molar-refractivity contribution in [2.45, 2.75) is 19.9 Å². The zero-order chi connectivity index (χ0) is 13.4. The van der Waals surface area contributed by atoms with Crippen molar-refractivity contribution in [3.05, 3.63) is 22.0 Å². The molecule has 1 amide bonds. The van der Waals surface area contributed by atoms with Gasteiger partial charge in [-0.25, -0.2) is 0 Å². The van der Waals surface area contributed by atoms with Gasteiger partial charge >= 0.3 is 0 Å². The summed E-state index contributed by atoms with van der Waals surface area (Å²) in [6.45, 7) is 3.83. The molecule has 0 bridgehead atoms. The van der Waals surface area contributed by atoms with Gasteiger partial charge in [0.1, 0.15) is 10.8 Å². The summed E-state index contributed by atoms with van der Waals surface area (Å²) in [5.74, 6) is -0.802. The van der Waals surface area contributed by atoms with E-state index in [-0.39, 0.29) is 22.9 Å². The predicted molar refractivity (Wildman–Crippen MR) is 71.4 cm³/mol. The molecule has 2 heterocycles. The van der Waals surface area contributed by atoms with Crippen LogP contribution in [0.25, 0.3) is 10.2 Å².